The first-order valence-electron chi connectivity index (χ1n) is 10.4. The van der Waals surface area contributed by atoms with E-state index in [-0.39, 0.29) is 18.1 Å². The molecule has 2 aromatic rings. The average molecular weight is 440 g/mol. The zero-order valence-electron chi connectivity index (χ0n) is 18.2. The molecule has 0 bridgehead atoms. The lowest BCUT2D eigenvalue weighted by atomic mass is 9.99. The van der Waals surface area contributed by atoms with E-state index < -0.39 is 0 Å². The first kappa shape index (κ1) is 22.6. The van der Waals surface area contributed by atoms with Crippen LogP contribution in [0.2, 0.25) is 0 Å². The minimum absolute atomic E-state index is 0.0163. The summed E-state index contributed by atoms with van der Waals surface area (Å²) < 4.78 is 6.36. The van der Waals surface area contributed by atoms with Crippen molar-refractivity contribution in [3.05, 3.63) is 59.0 Å². The Hall–Kier alpha value is -2.11. The van der Waals surface area contributed by atoms with Crippen LogP contribution in [0.5, 0.6) is 5.75 Å². The number of rotatable bonds is 7. The highest BCUT2D eigenvalue weighted by atomic mass is 32.2. The van der Waals surface area contributed by atoms with Gasteiger partial charge in [-0.3, -0.25) is 9.69 Å². The molecule has 1 aliphatic rings. The third-order valence-corrected chi connectivity index (χ3v) is 6.80. The van der Waals surface area contributed by atoms with Crippen molar-refractivity contribution < 1.29 is 9.53 Å². The molecule has 0 aromatic heterocycles. The van der Waals surface area contributed by atoms with Gasteiger partial charge in [-0.2, -0.15) is 0 Å². The number of ether oxygens (including phenoxy) is 1. The second-order valence-corrected chi connectivity index (χ2v) is 9.67. The van der Waals surface area contributed by atoms with Gasteiger partial charge in [0.2, 0.25) is 0 Å². The van der Waals surface area contributed by atoms with Gasteiger partial charge < -0.3 is 4.74 Å². The van der Waals surface area contributed by atoms with Crippen molar-refractivity contribution in [1.29, 1.82) is 0 Å². The van der Waals surface area contributed by atoms with Crippen molar-refractivity contribution in [3.63, 3.8) is 0 Å². The van der Waals surface area contributed by atoms with Gasteiger partial charge in [0.15, 0.2) is 0 Å². The molecule has 0 unspecified atom stereocenters. The van der Waals surface area contributed by atoms with Gasteiger partial charge in [0.05, 0.1) is 11.0 Å². The van der Waals surface area contributed by atoms with Crippen molar-refractivity contribution in [3.8, 4) is 16.9 Å². The smallest absolute Gasteiger partial charge is 0.266 e. The highest BCUT2D eigenvalue weighted by Gasteiger charge is 2.36. The van der Waals surface area contributed by atoms with Gasteiger partial charge in [0, 0.05) is 6.04 Å². The van der Waals surface area contributed by atoms with Crippen LogP contribution in [0.4, 0.5) is 0 Å². The van der Waals surface area contributed by atoms with E-state index in [4.69, 9.17) is 17.0 Å². The topological polar surface area (TPSA) is 29.5 Å². The van der Waals surface area contributed by atoms with Crippen LogP contribution in [0.3, 0.4) is 0 Å². The third-order valence-electron chi connectivity index (χ3n) is 5.47. The summed E-state index contributed by atoms with van der Waals surface area (Å²) in [5.41, 5.74) is 3.25. The van der Waals surface area contributed by atoms with Crippen molar-refractivity contribution in [1.82, 2.24) is 4.90 Å². The normalized spacial score (nSPS) is 17.7. The van der Waals surface area contributed by atoms with E-state index in [1.54, 1.807) is 4.90 Å². The van der Waals surface area contributed by atoms with Gasteiger partial charge in [-0.25, -0.2) is 0 Å². The predicted octanol–water partition coefficient (Wildman–Crippen LogP) is 6.78. The molecule has 2 atom stereocenters. The Morgan fingerprint density at radius 1 is 1.00 bits per heavy atom. The van der Waals surface area contributed by atoms with Crippen LogP contribution in [0.1, 0.15) is 46.6 Å². The molecule has 0 spiro atoms. The van der Waals surface area contributed by atoms with E-state index in [0.717, 1.165) is 28.9 Å². The Morgan fingerprint density at radius 2 is 1.57 bits per heavy atom. The second-order valence-electron chi connectivity index (χ2n) is 7.99. The molecular formula is C25H29NO2S2. The minimum atomic E-state index is 0.0163. The molecule has 158 valence electrons. The molecule has 3 rings (SSSR count). The molecule has 1 aliphatic heterocycles. The summed E-state index contributed by atoms with van der Waals surface area (Å²) in [4.78, 5) is 15.4. The highest BCUT2D eigenvalue weighted by molar-refractivity contribution is 8.26. The van der Waals surface area contributed by atoms with Crippen molar-refractivity contribution in [2.75, 3.05) is 0 Å². The predicted molar refractivity (Wildman–Crippen MR) is 132 cm³/mol. The molecule has 1 heterocycles. The van der Waals surface area contributed by atoms with E-state index >= 15 is 0 Å². The molecule has 0 aliphatic carbocycles. The number of nitrogens with zero attached hydrogens (tertiary/aromatic N) is 1. The summed E-state index contributed by atoms with van der Waals surface area (Å²) in [6.45, 7) is 10.4. The van der Waals surface area contributed by atoms with Gasteiger partial charge in [-0.05, 0) is 61.6 Å². The van der Waals surface area contributed by atoms with Gasteiger partial charge >= 0.3 is 0 Å². The van der Waals surface area contributed by atoms with Gasteiger partial charge in [0.25, 0.3) is 5.91 Å². The number of hydrogen-bond donors (Lipinski definition) is 0. The molecule has 0 N–H and O–H groups in total. The van der Waals surface area contributed by atoms with Crippen molar-refractivity contribution >= 4 is 40.3 Å². The summed E-state index contributed by atoms with van der Waals surface area (Å²) in [5, 5.41) is 0. The average Bonchev–Trinajstić information content (AvgIpc) is 3.00. The zero-order chi connectivity index (χ0) is 21.8. The van der Waals surface area contributed by atoms with E-state index in [1.165, 1.54) is 11.8 Å². The Labute approximate surface area is 189 Å². The molecule has 0 radical (unpaired) electrons. The first-order chi connectivity index (χ1) is 14.3. The number of thiocarbonyl (C=S) groups is 1. The highest BCUT2D eigenvalue weighted by Crippen LogP contribution is 2.36. The SMILES string of the molecule is CC[C@H](C)[C@@H](C)N1C(=O)/C(=C/c2ccc(-c3ccc(OC(C)C)cc3)cc2)SC1=S. The summed E-state index contributed by atoms with van der Waals surface area (Å²) >= 11 is 6.89. The van der Waals surface area contributed by atoms with Crippen LogP contribution in [-0.4, -0.2) is 27.3 Å². The molecule has 1 fully saturated rings. The fourth-order valence-corrected chi connectivity index (χ4v) is 4.78. The maximum absolute atomic E-state index is 12.9. The summed E-state index contributed by atoms with van der Waals surface area (Å²) in [6, 6.07) is 16.5. The number of thioether (sulfide) groups is 1. The van der Waals surface area contributed by atoms with Crippen molar-refractivity contribution in [2.24, 2.45) is 5.92 Å². The molecule has 5 heteroatoms. The summed E-state index contributed by atoms with van der Waals surface area (Å²) in [5.74, 6) is 1.30. The molecule has 0 saturated carbocycles. The Kier molecular flexibility index (Phi) is 7.37. The quantitative estimate of drug-likeness (QED) is 0.351. The van der Waals surface area contributed by atoms with Gasteiger partial charge in [0.1, 0.15) is 10.1 Å². The number of hydrogen-bond acceptors (Lipinski definition) is 4. The monoisotopic (exact) mass is 439 g/mol. The minimum Gasteiger partial charge on any atom is -0.491 e. The number of amides is 1. The lowest BCUT2D eigenvalue weighted by molar-refractivity contribution is -0.124. The van der Waals surface area contributed by atoms with Crippen LogP contribution >= 0.6 is 24.0 Å². The molecule has 30 heavy (non-hydrogen) atoms. The Morgan fingerprint density at radius 3 is 2.10 bits per heavy atom. The largest absolute Gasteiger partial charge is 0.491 e. The maximum atomic E-state index is 12.9. The number of carbonyl (C=O) groups is 1. The molecule has 3 nitrogen and oxygen atoms in total. The Balaban J connectivity index is 1.74. The summed E-state index contributed by atoms with van der Waals surface area (Å²) in [6.07, 6.45) is 3.12. The lowest BCUT2D eigenvalue weighted by Gasteiger charge is -2.27. The van der Waals surface area contributed by atoms with E-state index in [0.29, 0.717) is 15.1 Å². The van der Waals surface area contributed by atoms with Crippen LogP contribution in [0.15, 0.2) is 53.4 Å². The lowest BCUT2D eigenvalue weighted by Crippen LogP contribution is -2.40. The van der Waals surface area contributed by atoms with E-state index in [2.05, 4.69) is 45.0 Å². The zero-order valence-corrected chi connectivity index (χ0v) is 19.8. The first-order valence-corrected chi connectivity index (χ1v) is 11.7. The van der Waals surface area contributed by atoms with E-state index in [9.17, 15) is 4.79 Å². The molecular weight excluding hydrogens is 410 g/mol. The van der Waals surface area contributed by atoms with Crippen molar-refractivity contribution in [2.45, 2.75) is 53.2 Å². The fourth-order valence-electron chi connectivity index (χ4n) is 3.35. The summed E-state index contributed by atoms with van der Waals surface area (Å²) in [7, 11) is 0. The van der Waals surface area contributed by atoms with Gasteiger partial charge in [-0.1, -0.05) is 80.6 Å². The fraction of sp³-hybridized carbons (Fsp3) is 0.360. The van der Waals surface area contributed by atoms with Crippen LogP contribution in [-0.2, 0) is 4.79 Å². The van der Waals surface area contributed by atoms with E-state index in [1.807, 2.05) is 44.2 Å². The molecule has 2 aromatic carbocycles. The maximum Gasteiger partial charge on any atom is 0.266 e. The second kappa shape index (κ2) is 9.80. The third kappa shape index (κ3) is 5.13. The number of benzene rings is 2. The van der Waals surface area contributed by atoms with Gasteiger partial charge in [-0.15, -0.1) is 0 Å². The molecule has 1 amide bonds. The van der Waals surface area contributed by atoms with Crippen LogP contribution in [0, 0.1) is 5.92 Å². The standard InChI is InChI=1S/C25H29NO2S2/c1-6-17(4)18(5)26-24(27)23(30-25(26)29)15-19-7-9-20(10-8-19)21-11-13-22(14-12-21)28-16(2)3/h7-18H,6H2,1-5H3/b23-15-/t17-,18+/m0/s1. The van der Waals surface area contributed by atoms with Crippen LogP contribution in [0.25, 0.3) is 17.2 Å². The number of carbonyl (C=O) groups excluding carboxylic acids is 1. The molecule has 1 saturated heterocycles. The van der Waals surface area contributed by atoms with Crippen LogP contribution < -0.4 is 4.74 Å². The Bertz CT molecular complexity index is 933.